The smallest absolute Gasteiger partial charge is 0.260 e. The van der Waals surface area contributed by atoms with Crippen molar-refractivity contribution in [1.29, 1.82) is 0 Å². The van der Waals surface area contributed by atoms with Crippen molar-refractivity contribution in [3.63, 3.8) is 0 Å². The largest absolute Gasteiger partial charge is 0.458 e. The molecule has 8 heterocycles. The summed E-state index contributed by atoms with van der Waals surface area (Å²) in [5.41, 5.74) is 39.5. The molecule has 132 heavy (non-hydrogen) atoms. The highest BCUT2D eigenvalue weighted by atomic mass is 16.5. The van der Waals surface area contributed by atoms with E-state index in [1.165, 1.54) is 89.5 Å². The van der Waals surface area contributed by atoms with Crippen molar-refractivity contribution in [3.05, 3.63) is 323 Å². The van der Waals surface area contributed by atoms with Gasteiger partial charge >= 0.3 is 0 Å². The quantitative estimate of drug-likeness (QED) is 0.158. The fourth-order valence-corrected chi connectivity index (χ4v) is 21.4. The minimum Gasteiger partial charge on any atom is -0.458 e. The van der Waals surface area contributed by atoms with Gasteiger partial charge in [0.05, 0.1) is 0 Å². The Morgan fingerprint density at radius 3 is 0.712 bits per heavy atom. The predicted octanol–water partition coefficient (Wildman–Crippen LogP) is 24.3. The van der Waals surface area contributed by atoms with Gasteiger partial charge in [-0.25, -0.2) is 0 Å². The molecular weight excluding hydrogens is 1610 g/mol. The van der Waals surface area contributed by atoms with Gasteiger partial charge in [-0.15, -0.1) is 0 Å². The zero-order valence-corrected chi connectivity index (χ0v) is 80.6. The Labute approximate surface area is 782 Å². The van der Waals surface area contributed by atoms with Gasteiger partial charge < -0.3 is 38.2 Å². The zero-order valence-electron chi connectivity index (χ0n) is 80.6. The van der Waals surface area contributed by atoms with E-state index in [4.69, 9.17) is 28.4 Å². The number of aryl methyl sites for hydroxylation is 2. The number of fused-ring (bicyclic) bond motifs is 16. The second kappa shape index (κ2) is 29.7. The number of hydrogen-bond acceptors (Lipinski definition) is 8. The fraction of sp³-hybridized carbons (Fsp3) is 0.250. The van der Waals surface area contributed by atoms with Gasteiger partial charge in [0.15, 0.2) is 0 Å². The molecule has 8 aliphatic heterocycles. The summed E-state index contributed by atoms with van der Waals surface area (Å²) in [6, 6.07) is 102. The van der Waals surface area contributed by atoms with E-state index in [2.05, 4.69) is 436 Å². The van der Waals surface area contributed by atoms with Crippen LogP contribution in [0.2, 0.25) is 0 Å². The van der Waals surface area contributed by atoms with Crippen molar-refractivity contribution >= 4 is 127 Å². The van der Waals surface area contributed by atoms with Crippen LogP contribution in [0.15, 0.2) is 273 Å². The van der Waals surface area contributed by atoms with Crippen LogP contribution in [-0.2, 0) is 37.9 Å². The molecule has 0 saturated heterocycles. The molecule has 12 heteroatoms. The van der Waals surface area contributed by atoms with Gasteiger partial charge in [-0.3, -0.25) is 0 Å². The van der Waals surface area contributed by atoms with Crippen LogP contribution >= 0.6 is 0 Å². The van der Waals surface area contributed by atoms with Crippen LogP contribution in [0.25, 0.3) is 33.4 Å². The number of nitrogens with zero attached hydrogens (tertiary/aromatic N) is 2. The van der Waals surface area contributed by atoms with Crippen molar-refractivity contribution in [2.24, 2.45) is 0 Å². The molecule has 0 bridgehead atoms. The zero-order chi connectivity index (χ0) is 92.0. The Balaban J connectivity index is 0.000000177. The maximum atomic E-state index is 6.90. The third kappa shape index (κ3) is 14.2. The minimum absolute atomic E-state index is 0.0274. The van der Waals surface area contributed by atoms with Gasteiger partial charge in [-0.2, -0.15) is 0 Å². The van der Waals surface area contributed by atoms with Gasteiger partial charge in [-0.05, 0) is 324 Å². The normalized spacial score (nSPS) is 14.3. The fourth-order valence-electron chi connectivity index (χ4n) is 21.4. The molecule has 8 nitrogen and oxygen atoms in total. The Morgan fingerprint density at radius 1 is 0.182 bits per heavy atom. The third-order valence-corrected chi connectivity index (χ3v) is 28.9. The molecule has 0 amide bonds. The lowest BCUT2D eigenvalue weighted by Gasteiger charge is -2.45. The number of hydrogen-bond donors (Lipinski definition) is 0. The molecule has 0 unspecified atom stereocenters. The van der Waals surface area contributed by atoms with Crippen LogP contribution in [0, 0.1) is 13.8 Å². The SMILES string of the molecule is CC(C)(C)c1ccc(N2c3ccc(C(C)(C)C)cc3B3c4cc(C(C)(C)C)ccc4N(c4ccc(C(C)(C)C)cc4)c4cccc2c43)cc1.Cc1cc2c3c(c1)Oc1ccc(C(C)(C)C)cc1B3c1cc(-c3cc(-c4ccc5c(c4)B4c6cc(C(C)(C)C)ccc6Oc6cccc(c64)O5)cc(-c4ccc5c(c4)B4c6cc(C(C)(C)C)ccc6Oc6cc(C)cc(c64)O5)c3)ccc1O2. The van der Waals surface area contributed by atoms with Gasteiger partial charge in [0, 0.05) is 50.5 Å². The molecule has 0 aliphatic carbocycles. The third-order valence-electron chi connectivity index (χ3n) is 28.9. The van der Waals surface area contributed by atoms with Gasteiger partial charge in [0.1, 0.15) is 69.0 Å². The van der Waals surface area contributed by atoms with Crippen LogP contribution < -0.4 is 104 Å². The molecule has 0 radical (unpaired) electrons. The first kappa shape index (κ1) is 84.5. The summed E-state index contributed by atoms with van der Waals surface area (Å²) in [6.07, 6.45) is 0. The lowest BCUT2D eigenvalue weighted by Crippen LogP contribution is -2.61. The second-order valence-electron chi connectivity index (χ2n) is 45.4. The van der Waals surface area contributed by atoms with E-state index in [1.54, 1.807) is 0 Å². The Hall–Kier alpha value is -13.0. The highest BCUT2D eigenvalue weighted by molar-refractivity contribution is 7.01. The number of benzene rings is 15. The highest BCUT2D eigenvalue weighted by Gasteiger charge is 2.48. The Morgan fingerprint density at radius 2 is 0.417 bits per heavy atom. The number of ether oxygens (including phenoxy) is 6. The van der Waals surface area contributed by atoms with Crippen molar-refractivity contribution in [1.82, 2.24) is 0 Å². The summed E-state index contributed by atoms with van der Waals surface area (Å²) >= 11 is 0. The molecule has 8 aliphatic rings. The molecule has 23 rings (SSSR count). The van der Waals surface area contributed by atoms with Crippen molar-refractivity contribution in [3.8, 4) is 102 Å². The molecule has 0 atom stereocenters. The van der Waals surface area contributed by atoms with E-state index in [0.29, 0.717) is 0 Å². The molecule has 0 N–H and O–H groups in total. The van der Waals surface area contributed by atoms with Gasteiger partial charge in [-0.1, -0.05) is 279 Å². The summed E-state index contributed by atoms with van der Waals surface area (Å²) < 4.78 is 40.9. The standard InChI is InChI=1S/C74H61B3O6.C46H53BN2/c1-40-27-65-70-67(29-40)82-61-25-19-49(73(6,7)8)38-55(61)76(70)52-35-43(16-22-58(52)80-65)46-31-45(42-15-21-57-51(34-42)75-54-37-48(72(3,4)5)18-24-60(54)79-64-14-12-13-63(78-57)69(64)75)32-47(33-46)44-17-23-59-53(36-44)77-56-39-50(74(9,10)11)20-26-62(56)83-68-30-41(2)28-66(81-59)71(68)77;1-43(2,3)30-16-22-34(23-17-30)48-38-26-20-32(45(7,8)9)28-36(38)47-37-29-33(46(10,11)12)21-27-39(37)49(41-15-13-14-40(48)42(41)47)35-24-18-31(19-25-35)44(4,5)6/h12-39H,1-11H3;13-29H,1-12H3. The molecule has 0 fully saturated rings. The molecule has 652 valence electrons. The van der Waals surface area contributed by atoms with Crippen LogP contribution in [0.1, 0.15) is 195 Å². The summed E-state index contributed by atoms with van der Waals surface area (Å²) in [6.45, 7) is 52.2. The first-order chi connectivity index (χ1) is 62.6. The molecule has 0 saturated carbocycles. The summed E-state index contributed by atoms with van der Waals surface area (Å²) in [5.74, 6) is 10.2. The first-order valence-electron chi connectivity index (χ1n) is 47.3. The first-order valence-corrected chi connectivity index (χ1v) is 47.3. The Bertz CT molecular complexity index is 6990. The van der Waals surface area contributed by atoms with E-state index >= 15 is 0 Å². The molecular formula is C120H114B4N2O6. The second-order valence-corrected chi connectivity index (χ2v) is 45.4. The predicted molar refractivity (Wildman–Crippen MR) is 557 cm³/mol. The number of anilines is 6. The van der Waals surface area contributed by atoms with Crippen LogP contribution in [-0.4, -0.2) is 26.9 Å². The molecule has 15 aromatic carbocycles. The van der Waals surface area contributed by atoms with Crippen LogP contribution in [0.5, 0.6) is 69.0 Å². The van der Waals surface area contributed by atoms with Crippen molar-refractivity contribution < 1.29 is 28.4 Å². The lowest BCUT2D eigenvalue weighted by molar-refractivity contribution is 0.463. The van der Waals surface area contributed by atoms with Crippen molar-refractivity contribution in [2.75, 3.05) is 9.80 Å². The maximum absolute atomic E-state index is 6.90. The molecule has 0 aromatic heterocycles. The maximum Gasteiger partial charge on any atom is 0.260 e. The van der Waals surface area contributed by atoms with E-state index in [-0.39, 0.29) is 64.8 Å². The molecule has 15 aromatic rings. The highest BCUT2D eigenvalue weighted by Crippen LogP contribution is 2.49. The van der Waals surface area contributed by atoms with E-state index in [0.717, 1.165) is 163 Å². The molecule has 0 spiro atoms. The monoisotopic (exact) mass is 1720 g/mol. The van der Waals surface area contributed by atoms with Crippen LogP contribution in [0.4, 0.5) is 34.1 Å². The Kier molecular flexibility index (Phi) is 19.0. The van der Waals surface area contributed by atoms with E-state index in [9.17, 15) is 0 Å². The van der Waals surface area contributed by atoms with Crippen molar-refractivity contribution in [2.45, 2.75) is 197 Å². The van der Waals surface area contributed by atoms with Gasteiger partial charge in [0.2, 0.25) is 0 Å². The number of rotatable bonds is 5. The average molecular weight is 1720 g/mol. The van der Waals surface area contributed by atoms with Gasteiger partial charge in [0.25, 0.3) is 26.9 Å². The summed E-state index contributed by atoms with van der Waals surface area (Å²) in [4.78, 5) is 5.03. The summed E-state index contributed by atoms with van der Waals surface area (Å²) in [7, 11) is 0. The van der Waals surface area contributed by atoms with Crippen LogP contribution in [0.3, 0.4) is 0 Å². The lowest BCUT2D eigenvalue weighted by atomic mass is 9.33. The minimum atomic E-state index is -0.106. The average Bonchev–Trinajstić information content (AvgIpc) is 0.709. The summed E-state index contributed by atoms with van der Waals surface area (Å²) in [5, 5.41) is 0. The van der Waals surface area contributed by atoms with E-state index in [1.807, 2.05) is 6.07 Å². The van der Waals surface area contributed by atoms with E-state index < -0.39 is 0 Å². The topological polar surface area (TPSA) is 61.9 Å².